The average Bonchev–Trinajstić information content (AvgIpc) is 2.73. The van der Waals surface area contributed by atoms with Gasteiger partial charge in [-0.2, -0.15) is 0 Å². The van der Waals surface area contributed by atoms with Gasteiger partial charge < -0.3 is 0 Å². The zero-order chi connectivity index (χ0) is 19.2. The minimum atomic E-state index is -2.97. The average molecular weight is 441 g/mol. The van der Waals surface area contributed by atoms with Gasteiger partial charge in [0.25, 0.3) is 0 Å². The molecular weight excluding hydrogens is 419 g/mol. The number of carboxylic acids is 1. The molecule has 0 spiro atoms. The van der Waals surface area contributed by atoms with Crippen molar-refractivity contribution in [1.29, 1.82) is 0 Å². The van der Waals surface area contributed by atoms with Crippen molar-refractivity contribution in [2.24, 2.45) is 0 Å². The Balaban J connectivity index is 2.29. The van der Waals surface area contributed by atoms with E-state index in [0.717, 1.165) is 0 Å². The number of hydrogen-bond acceptors (Lipinski definition) is 1. The third-order valence-corrected chi connectivity index (χ3v) is 14.4. The van der Waals surface area contributed by atoms with Crippen LogP contribution >= 0.6 is 20.8 Å². The Morgan fingerprint density at radius 3 is 1.44 bits per heavy atom. The second-order valence-electron chi connectivity index (χ2n) is 6.44. The SMILES string of the molecule is O=C(O)CC=CCP(Br)(c1ccccc1)(c1ccccc1)c1ccccc1. The molecule has 0 saturated heterocycles. The Labute approximate surface area is 168 Å². The number of rotatable bonds is 7. The van der Waals surface area contributed by atoms with Crippen LogP contribution in [-0.4, -0.2) is 17.2 Å². The normalized spacial score (nSPS) is 13.1. The molecule has 138 valence electrons. The molecule has 0 radical (unpaired) electrons. The van der Waals surface area contributed by atoms with Crippen molar-refractivity contribution < 1.29 is 9.90 Å². The van der Waals surface area contributed by atoms with Crippen molar-refractivity contribution in [3.63, 3.8) is 0 Å². The van der Waals surface area contributed by atoms with E-state index in [9.17, 15) is 4.79 Å². The fraction of sp³-hybridized carbons (Fsp3) is 0.0870. The Hall–Kier alpha value is -2.22. The Kier molecular flexibility index (Phi) is 5.94. The molecule has 0 atom stereocenters. The van der Waals surface area contributed by atoms with E-state index in [4.69, 9.17) is 5.11 Å². The number of hydrogen-bond donors (Lipinski definition) is 1. The van der Waals surface area contributed by atoms with Gasteiger partial charge in [0.1, 0.15) is 0 Å². The fourth-order valence-electron chi connectivity index (χ4n) is 3.44. The van der Waals surface area contributed by atoms with Crippen molar-refractivity contribution in [1.82, 2.24) is 0 Å². The summed E-state index contributed by atoms with van der Waals surface area (Å²) in [6, 6.07) is 31.4. The van der Waals surface area contributed by atoms with Gasteiger partial charge in [0.15, 0.2) is 0 Å². The molecule has 0 amide bonds. The number of aliphatic carboxylic acids is 1. The van der Waals surface area contributed by atoms with Gasteiger partial charge in [0.05, 0.1) is 0 Å². The van der Waals surface area contributed by atoms with Crippen LogP contribution in [0.5, 0.6) is 0 Å². The van der Waals surface area contributed by atoms with Gasteiger partial charge in [-0.25, -0.2) is 0 Å². The van der Waals surface area contributed by atoms with Gasteiger partial charge >= 0.3 is 168 Å². The van der Waals surface area contributed by atoms with E-state index < -0.39 is 11.3 Å². The standard InChI is InChI=1S/C23H22BrO2P/c24-27(19-11-10-18-23(25)26,20-12-4-1-5-13-20,21-14-6-2-7-15-21)22-16-8-3-9-17-22/h1-17H,18-19H2,(H,25,26). The van der Waals surface area contributed by atoms with Crippen LogP contribution in [0.2, 0.25) is 0 Å². The number of benzene rings is 3. The third kappa shape index (κ3) is 3.76. The Bertz CT molecular complexity index is 825. The van der Waals surface area contributed by atoms with Crippen molar-refractivity contribution in [3.05, 3.63) is 103 Å². The predicted octanol–water partition coefficient (Wildman–Crippen LogP) is 4.86. The number of halogens is 1. The van der Waals surface area contributed by atoms with E-state index in [0.29, 0.717) is 6.16 Å². The molecule has 0 aliphatic heterocycles. The van der Waals surface area contributed by atoms with Gasteiger partial charge in [-0.1, -0.05) is 0 Å². The van der Waals surface area contributed by atoms with Crippen LogP contribution in [0.15, 0.2) is 103 Å². The first-order valence-corrected chi connectivity index (χ1v) is 13.3. The fourth-order valence-corrected chi connectivity index (χ4v) is 10.5. The maximum atomic E-state index is 11.0. The van der Waals surface area contributed by atoms with E-state index in [-0.39, 0.29) is 6.42 Å². The van der Waals surface area contributed by atoms with Gasteiger partial charge in [-0.3, -0.25) is 0 Å². The van der Waals surface area contributed by atoms with E-state index in [1.165, 1.54) is 15.9 Å². The third-order valence-electron chi connectivity index (χ3n) is 4.79. The van der Waals surface area contributed by atoms with Crippen LogP contribution in [0.25, 0.3) is 0 Å². The molecule has 0 heterocycles. The number of carbonyl (C=O) groups is 1. The Morgan fingerprint density at radius 2 is 1.11 bits per heavy atom. The van der Waals surface area contributed by atoms with Crippen LogP contribution in [-0.2, 0) is 4.79 Å². The quantitative estimate of drug-likeness (QED) is 0.420. The summed E-state index contributed by atoms with van der Waals surface area (Å²) >= 11 is 4.32. The van der Waals surface area contributed by atoms with Crippen molar-refractivity contribution in [3.8, 4) is 0 Å². The molecule has 1 N–H and O–H groups in total. The van der Waals surface area contributed by atoms with Crippen molar-refractivity contribution >= 4 is 42.7 Å². The van der Waals surface area contributed by atoms with Gasteiger partial charge in [-0.05, 0) is 0 Å². The van der Waals surface area contributed by atoms with Crippen LogP contribution in [0, 0.1) is 0 Å². The summed E-state index contributed by atoms with van der Waals surface area (Å²) in [5, 5.41) is 9.70. The summed E-state index contributed by atoms with van der Waals surface area (Å²) in [5.74, 6) is -0.819. The summed E-state index contributed by atoms with van der Waals surface area (Å²) < 4.78 is 0. The zero-order valence-corrected chi connectivity index (χ0v) is 17.4. The molecule has 0 aromatic heterocycles. The number of carboxylic acid groups (broad SMARTS) is 1. The second-order valence-corrected chi connectivity index (χ2v) is 15.4. The van der Waals surface area contributed by atoms with Crippen molar-refractivity contribution in [2.45, 2.75) is 6.42 Å². The molecule has 0 bridgehead atoms. The molecular formula is C23H22BrO2P. The Morgan fingerprint density at radius 1 is 0.741 bits per heavy atom. The first-order valence-electron chi connectivity index (χ1n) is 8.82. The molecule has 3 aromatic rings. The van der Waals surface area contributed by atoms with E-state index in [1.54, 1.807) is 6.08 Å². The minimum absolute atomic E-state index is 0.0257. The first kappa shape index (κ1) is 19.5. The number of allylic oxidation sites excluding steroid dienone is 1. The van der Waals surface area contributed by atoms with Gasteiger partial charge in [-0.15, -0.1) is 0 Å². The van der Waals surface area contributed by atoms with E-state index >= 15 is 0 Å². The van der Waals surface area contributed by atoms with Crippen LogP contribution < -0.4 is 15.9 Å². The van der Waals surface area contributed by atoms with E-state index in [2.05, 4.69) is 88.3 Å². The zero-order valence-electron chi connectivity index (χ0n) is 14.9. The van der Waals surface area contributed by atoms with Crippen LogP contribution in [0.4, 0.5) is 0 Å². The molecule has 0 fully saturated rings. The summed E-state index contributed by atoms with van der Waals surface area (Å²) in [6.45, 7) is 0. The monoisotopic (exact) mass is 440 g/mol. The van der Waals surface area contributed by atoms with Crippen LogP contribution in [0.1, 0.15) is 6.42 Å². The molecule has 4 heteroatoms. The molecule has 0 aliphatic rings. The summed E-state index contributed by atoms with van der Waals surface area (Å²) in [7, 11) is 0. The second kappa shape index (κ2) is 8.21. The molecule has 27 heavy (non-hydrogen) atoms. The maximum absolute atomic E-state index is 11.0. The topological polar surface area (TPSA) is 37.3 Å². The van der Waals surface area contributed by atoms with E-state index in [1.807, 2.05) is 24.3 Å². The molecule has 3 aromatic carbocycles. The van der Waals surface area contributed by atoms with Crippen LogP contribution in [0.3, 0.4) is 0 Å². The molecule has 0 saturated carbocycles. The predicted molar refractivity (Wildman–Crippen MR) is 120 cm³/mol. The summed E-state index contributed by atoms with van der Waals surface area (Å²) in [5.41, 5.74) is 0. The summed E-state index contributed by atoms with van der Waals surface area (Å²) in [4.78, 5) is 11.0. The molecule has 0 unspecified atom stereocenters. The first-order chi connectivity index (χ1) is 13.1. The molecule has 0 aliphatic carbocycles. The van der Waals surface area contributed by atoms with Gasteiger partial charge in [0, 0.05) is 0 Å². The van der Waals surface area contributed by atoms with Crippen molar-refractivity contribution in [2.75, 3.05) is 6.16 Å². The summed E-state index contributed by atoms with van der Waals surface area (Å²) in [6.07, 6.45) is 4.49. The molecule has 3 rings (SSSR count). The molecule has 2 nitrogen and oxygen atoms in total. The van der Waals surface area contributed by atoms with Gasteiger partial charge in [0.2, 0.25) is 0 Å².